The first-order valence-electron chi connectivity index (χ1n) is 6.91. The molecule has 2 aromatic carbocycles. The first kappa shape index (κ1) is 13.9. The zero-order chi connectivity index (χ0) is 15.5. The third-order valence-corrected chi connectivity index (χ3v) is 3.59. The van der Waals surface area contributed by atoms with Gasteiger partial charge in [-0.3, -0.25) is 4.79 Å². The average Bonchev–Trinajstić information content (AvgIpc) is 2.99. The number of nitrogens with zero attached hydrogens (tertiary/aromatic N) is 1. The van der Waals surface area contributed by atoms with Crippen LogP contribution in [0.15, 0.2) is 59.8 Å². The lowest BCUT2D eigenvalue weighted by molar-refractivity contribution is 0.102. The van der Waals surface area contributed by atoms with Crippen LogP contribution in [0.25, 0.3) is 10.9 Å². The minimum Gasteiger partial charge on any atom is -0.360 e. The number of aromatic nitrogens is 1. The zero-order valence-corrected chi connectivity index (χ0v) is 12.1. The van der Waals surface area contributed by atoms with Crippen molar-refractivity contribution in [3.8, 4) is 0 Å². The molecule has 22 heavy (non-hydrogen) atoms. The van der Waals surface area contributed by atoms with Crippen molar-refractivity contribution >= 4 is 28.2 Å². The number of rotatable bonds is 3. The van der Waals surface area contributed by atoms with Crippen LogP contribution >= 0.6 is 0 Å². The summed E-state index contributed by atoms with van der Waals surface area (Å²) in [4.78, 5) is 15.5. The largest absolute Gasteiger partial charge is 0.360 e. The molecule has 1 amide bonds. The normalized spacial score (nSPS) is 11.6. The number of H-pyrrole nitrogens is 1. The molecule has 0 saturated carbocycles. The van der Waals surface area contributed by atoms with Crippen LogP contribution in [0.3, 0.4) is 0 Å². The van der Waals surface area contributed by atoms with Gasteiger partial charge in [-0.05, 0) is 30.7 Å². The molecule has 0 saturated heterocycles. The summed E-state index contributed by atoms with van der Waals surface area (Å²) in [5.74, 6) is 5.11. The van der Waals surface area contributed by atoms with Gasteiger partial charge in [0, 0.05) is 22.8 Å². The van der Waals surface area contributed by atoms with Gasteiger partial charge in [-0.25, -0.2) is 0 Å². The van der Waals surface area contributed by atoms with Crippen LogP contribution in [0.2, 0.25) is 0 Å². The molecule has 5 nitrogen and oxygen atoms in total. The number of para-hydroxylation sites is 1. The van der Waals surface area contributed by atoms with Crippen molar-refractivity contribution < 1.29 is 4.79 Å². The van der Waals surface area contributed by atoms with E-state index in [1.165, 1.54) is 0 Å². The number of carbonyl (C=O) groups is 1. The van der Waals surface area contributed by atoms with Crippen LogP contribution in [0.1, 0.15) is 22.8 Å². The second kappa shape index (κ2) is 5.73. The fraction of sp³-hybridized carbons (Fsp3) is 0.0588. The number of amides is 1. The minimum atomic E-state index is -0.144. The third kappa shape index (κ3) is 2.56. The van der Waals surface area contributed by atoms with Gasteiger partial charge in [0.25, 0.3) is 5.91 Å². The molecule has 0 fully saturated rings. The maximum Gasteiger partial charge on any atom is 0.257 e. The Morgan fingerprint density at radius 1 is 1.14 bits per heavy atom. The average molecular weight is 292 g/mol. The predicted octanol–water partition coefficient (Wildman–Crippen LogP) is 3.10. The highest BCUT2D eigenvalue weighted by atomic mass is 16.1. The van der Waals surface area contributed by atoms with Gasteiger partial charge in [0.1, 0.15) is 0 Å². The number of fused-ring (bicyclic) bond motifs is 1. The fourth-order valence-corrected chi connectivity index (χ4v) is 2.33. The third-order valence-electron chi connectivity index (χ3n) is 3.59. The molecule has 110 valence electrons. The molecule has 0 spiro atoms. The SMILES string of the molecule is C/C(=N\N)c1ccc(NC(=O)c2c[nH]c3ccccc23)cc1. The van der Waals surface area contributed by atoms with Crippen molar-refractivity contribution in [2.24, 2.45) is 10.9 Å². The Morgan fingerprint density at radius 3 is 2.59 bits per heavy atom. The predicted molar refractivity (Wildman–Crippen MR) is 89.1 cm³/mol. The van der Waals surface area contributed by atoms with Crippen LogP contribution in [-0.2, 0) is 0 Å². The van der Waals surface area contributed by atoms with E-state index in [2.05, 4.69) is 15.4 Å². The molecule has 3 aromatic rings. The summed E-state index contributed by atoms with van der Waals surface area (Å²) in [7, 11) is 0. The Kier molecular flexibility index (Phi) is 3.62. The highest BCUT2D eigenvalue weighted by molar-refractivity contribution is 6.12. The maximum absolute atomic E-state index is 12.4. The lowest BCUT2D eigenvalue weighted by Gasteiger charge is -2.06. The highest BCUT2D eigenvalue weighted by Gasteiger charge is 2.11. The number of carbonyl (C=O) groups excluding carboxylic acids is 1. The van der Waals surface area contributed by atoms with E-state index in [1.54, 1.807) is 6.20 Å². The second-order valence-corrected chi connectivity index (χ2v) is 4.99. The van der Waals surface area contributed by atoms with E-state index < -0.39 is 0 Å². The van der Waals surface area contributed by atoms with Crippen LogP contribution in [0.5, 0.6) is 0 Å². The first-order chi connectivity index (χ1) is 10.7. The van der Waals surface area contributed by atoms with Crippen molar-refractivity contribution in [2.45, 2.75) is 6.92 Å². The quantitative estimate of drug-likeness (QED) is 0.394. The number of benzene rings is 2. The van der Waals surface area contributed by atoms with Crippen molar-refractivity contribution in [1.29, 1.82) is 0 Å². The Morgan fingerprint density at radius 2 is 1.86 bits per heavy atom. The van der Waals surface area contributed by atoms with E-state index in [1.807, 2.05) is 55.5 Å². The summed E-state index contributed by atoms with van der Waals surface area (Å²) in [6.07, 6.45) is 1.72. The van der Waals surface area contributed by atoms with Gasteiger partial charge in [-0.2, -0.15) is 5.10 Å². The number of aromatic amines is 1. The fourth-order valence-electron chi connectivity index (χ4n) is 2.33. The lowest BCUT2D eigenvalue weighted by atomic mass is 10.1. The minimum absolute atomic E-state index is 0.144. The topological polar surface area (TPSA) is 83.3 Å². The molecule has 0 atom stereocenters. The molecule has 0 aliphatic rings. The van der Waals surface area contributed by atoms with Crippen LogP contribution in [-0.4, -0.2) is 16.6 Å². The van der Waals surface area contributed by atoms with Gasteiger partial charge in [0.05, 0.1) is 11.3 Å². The highest BCUT2D eigenvalue weighted by Crippen LogP contribution is 2.19. The lowest BCUT2D eigenvalue weighted by Crippen LogP contribution is -2.11. The summed E-state index contributed by atoms with van der Waals surface area (Å²) >= 11 is 0. The smallest absolute Gasteiger partial charge is 0.257 e. The van der Waals surface area contributed by atoms with Gasteiger partial charge >= 0.3 is 0 Å². The molecule has 0 unspecified atom stereocenters. The van der Waals surface area contributed by atoms with Crippen molar-refractivity contribution in [3.63, 3.8) is 0 Å². The molecule has 0 radical (unpaired) electrons. The Bertz CT molecular complexity index is 846. The summed E-state index contributed by atoms with van der Waals surface area (Å²) in [6, 6.07) is 15.1. The maximum atomic E-state index is 12.4. The number of hydrogen-bond acceptors (Lipinski definition) is 3. The molecular weight excluding hydrogens is 276 g/mol. The van der Waals surface area contributed by atoms with Crippen LogP contribution in [0.4, 0.5) is 5.69 Å². The monoisotopic (exact) mass is 292 g/mol. The number of anilines is 1. The van der Waals surface area contributed by atoms with E-state index in [-0.39, 0.29) is 5.91 Å². The number of nitrogens with one attached hydrogen (secondary N) is 2. The van der Waals surface area contributed by atoms with Gasteiger partial charge in [-0.1, -0.05) is 30.3 Å². The summed E-state index contributed by atoms with van der Waals surface area (Å²) < 4.78 is 0. The van der Waals surface area contributed by atoms with E-state index in [0.717, 1.165) is 27.9 Å². The molecule has 0 bridgehead atoms. The number of nitrogens with two attached hydrogens (primary N) is 1. The van der Waals surface area contributed by atoms with E-state index >= 15 is 0 Å². The molecule has 0 aliphatic heterocycles. The molecule has 3 rings (SSSR count). The standard InChI is InChI=1S/C17H16N4O/c1-11(21-18)12-6-8-13(9-7-12)20-17(22)15-10-19-16-5-3-2-4-14(15)16/h2-10,19H,18H2,1H3,(H,20,22)/b21-11+. The Balaban J connectivity index is 1.82. The van der Waals surface area contributed by atoms with Crippen LogP contribution in [0, 0.1) is 0 Å². The van der Waals surface area contributed by atoms with Gasteiger partial charge in [0.2, 0.25) is 0 Å². The van der Waals surface area contributed by atoms with E-state index in [0.29, 0.717) is 5.56 Å². The molecular formula is C17H16N4O. The summed E-state index contributed by atoms with van der Waals surface area (Å²) in [6.45, 7) is 1.83. The summed E-state index contributed by atoms with van der Waals surface area (Å²) in [5, 5.41) is 7.45. The number of hydrogen-bond donors (Lipinski definition) is 3. The van der Waals surface area contributed by atoms with E-state index in [4.69, 9.17) is 5.84 Å². The van der Waals surface area contributed by atoms with Crippen molar-refractivity contribution in [2.75, 3.05) is 5.32 Å². The zero-order valence-electron chi connectivity index (χ0n) is 12.1. The molecule has 5 heteroatoms. The molecule has 4 N–H and O–H groups in total. The molecule has 0 aliphatic carbocycles. The van der Waals surface area contributed by atoms with Gasteiger partial charge in [0.15, 0.2) is 0 Å². The number of hydrazone groups is 1. The van der Waals surface area contributed by atoms with E-state index in [9.17, 15) is 4.79 Å². The second-order valence-electron chi connectivity index (χ2n) is 4.99. The van der Waals surface area contributed by atoms with Crippen molar-refractivity contribution in [3.05, 3.63) is 65.9 Å². The van der Waals surface area contributed by atoms with Gasteiger partial charge < -0.3 is 16.1 Å². The van der Waals surface area contributed by atoms with Gasteiger partial charge in [-0.15, -0.1) is 0 Å². The summed E-state index contributed by atoms with van der Waals surface area (Å²) in [5.41, 5.74) is 3.96. The Labute approximate surface area is 127 Å². The molecule has 1 aromatic heterocycles. The molecule has 1 heterocycles. The van der Waals surface area contributed by atoms with Crippen molar-refractivity contribution in [1.82, 2.24) is 4.98 Å². The van der Waals surface area contributed by atoms with Crippen LogP contribution < -0.4 is 11.2 Å². The Hall–Kier alpha value is -3.08. The first-order valence-corrected chi connectivity index (χ1v) is 6.91.